The van der Waals surface area contributed by atoms with E-state index < -0.39 is 0 Å². The molecule has 2 N–H and O–H groups in total. The third-order valence-electron chi connectivity index (χ3n) is 2.90. The van der Waals surface area contributed by atoms with E-state index in [0.717, 1.165) is 18.7 Å². The summed E-state index contributed by atoms with van der Waals surface area (Å²) in [7, 11) is 0. The minimum atomic E-state index is -0.0626. The summed E-state index contributed by atoms with van der Waals surface area (Å²) in [4.78, 5) is 17.6. The van der Waals surface area contributed by atoms with Gasteiger partial charge >= 0.3 is 0 Å². The lowest BCUT2D eigenvalue weighted by molar-refractivity contribution is 0.0941. The Hall–Kier alpha value is -1.88. The lowest BCUT2D eigenvalue weighted by Gasteiger charge is -2.15. The number of pyridine rings is 1. The molecular weight excluding hydrogens is 270 g/mol. The molecule has 0 saturated carbocycles. The van der Waals surface area contributed by atoms with Crippen LogP contribution in [0.25, 0.3) is 0 Å². The van der Waals surface area contributed by atoms with Crippen LogP contribution in [-0.2, 0) is 6.42 Å². The fourth-order valence-electron chi connectivity index (χ4n) is 2.01. The predicted molar refractivity (Wildman–Crippen MR) is 83.4 cm³/mol. The van der Waals surface area contributed by atoms with Crippen molar-refractivity contribution in [3.63, 3.8) is 0 Å². The summed E-state index contributed by atoms with van der Waals surface area (Å²) in [6.45, 7) is 4.77. The van der Waals surface area contributed by atoms with Crippen molar-refractivity contribution in [3.8, 4) is 0 Å². The molecule has 106 valence electrons. The molecule has 0 aromatic carbocycles. The standard InChI is InChI=1S/C15H19N3OS/c1-3-17-14-10-16-7-6-13(14)15(19)18-11(2)9-12-5-4-8-20-12/h4-8,10-11,17H,3,9H2,1-2H3,(H,18,19). The normalized spacial score (nSPS) is 11.9. The molecule has 0 fully saturated rings. The Bertz CT molecular complexity index is 554. The smallest absolute Gasteiger partial charge is 0.253 e. The predicted octanol–water partition coefficient (Wildman–Crippen LogP) is 2.94. The van der Waals surface area contributed by atoms with E-state index in [9.17, 15) is 4.79 Å². The van der Waals surface area contributed by atoms with Gasteiger partial charge in [0.1, 0.15) is 0 Å². The molecule has 1 atom stereocenters. The van der Waals surface area contributed by atoms with E-state index in [4.69, 9.17) is 0 Å². The minimum Gasteiger partial charge on any atom is -0.383 e. The van der Waals surface area contributed by atoms with E-state index in [0.29, 0.717) is 5.56 Å². The Morgan fingerprint density at radius 3 is 3.00 bits per heavy atom. The third kappa shape index (κ3) is 3.81. The van der Waals surface area contributed by atoms with Gasteiger partial charge in [0, 0.05) is 30.1 Å². The van der Waals surface area contributed by atoms with Crippen molar-refractivity contribution >= 4 is 22.9 Å². The molecule has 0 aliphatic rings. The van der Waals surface area contributed by atoms with Gasteiger partial charge < -0.3 is 10.6 Å². The lowest BCUT2D eigenvalue weighted by atomic mass is 10.1. The zero-order chi connectivity index (χ0) is 14.4. The molecule has 20 heavy (non-hydrogen) atoms. The number of rotatable bonds is 6. The van der Waals surface area contributed by atoms with Crippen molar-refractivity contribution in [3.05, 3.63) is 46.4 Å². The summed E-state index contributed by atoms with van der Waals surface area (Å²) < 4.78 is 0. The summed E-state index contributed by atoms with van der Waals surface area (Å²) in [6, 6.07) is 5.96. The molecule has 0 radical (unpaired) electrons. The van der Waals surface area contributed by atoms with Crippen LogP contribution in [0.15, 0.2) is 36.0 Å². The highest BCUT2D eigenvalue weighted by Gasteiger charge is 2.14. The first-order valence-corrected chi connectivity index (χ1v) is 7.59. The van der Waals surface area contributed by atoms with Gasteiger partial charge in [-0.25, -0.2) is 0 Å². The second kappa shape index (κ2) is 7.05. The number of anilines is 1. The molecule has 0 aliphatic heterocycles. The van der Waals surface area contributed by atoms with E-state index in [2.05, 4.69) is 27.1 Å². The largest absolute Gasteiger partial charge is 0.383 e. The van der Waals surface area contributed by atoms with Gasteiger partial charge in [0.05, 0.1) is 17.4 Å². The van der Waals surface area contributed by atoms with Crippen molar-refractivity contribution in [2.75, 3.05) is 11.9 Å². The summed E-state index contributed by atoms with van der Waals surface area (Å²) in [5.41, 5.74) is 1.41. The topological polar surface area (TPSA) is 54.0 Å². The number of amides is 1. The number of carbonyl (C=O) groups excluding carboxylic acids is 1. The van der Waals surface area contributed by atoms with E-state index in [-0.39, 0.29) is 11.9 Å². The van der Waals surface area contributed by atoms with Crippen LogP contribution in [0.3, 0.4) is 0 Å². The molecule has 1 amide bonds. The fourth-order valence-corrected chi connectivity index (χ4v) is 2.84. The molecule has 1 unspecified atom stereocenters. The average molecular weight is 289 g/mol. The SMILES string of the molecule is CCNc1cnccc1C(=O)NC(C)Cc1cccs1. The van der Waals surface area contributed by atoms with Crippen LogP contribution >= 0.6 is 11.3 Å². The molecular formula is C15H19N3OS. The van der Waals surface area contributed by atoms with Crippen molar-refractivity contribution < 1.29 is 4.79 Å². The number of hydrogen-bond acceptors (Lipinski definition) is 4. The summed E-state index contributed by atoms with van der Waals surface area (Å²) in [5.74, 6) is -0.0626. The maximum Gasteiger partial charge on any atom is 0.253 e. The molecule has 5 heteroatoms. The third-order valence-corrected chi connectivity index (χ3v) is 3.80. The van der Waals surface area contributed by atoms with Crippen molar-refractivity contribution in [1.82, 2.24) is 10.3 Å². The highest BCUT2D eigenvalue weighted by Crippen LogP contribution is 2.14. The number of thiophene rings is 1. The maximum atomic E-state index is 12.3. The van der Waals surface area contributed by atoms with Gasteiger partial charge in [-0.05, 0) is 31.4 Å². The fraction of sp³-hybridized carbons (Fsp3) is 0.333. The van der Waals surface area contributed by atoms with E-state index in [1.807, 2.05) is 19.9 Å². The second-order valence-electron chi connectivity index (χ2n) is 4.61. The van der Waals surface area contributed by atoms with Crippen molar-refractivity contribution in [1.29, 1.82) is 0 Å². The van der Waals surface area contributed by atoms with Crippen molar-refractivity contribution in [2.24, 2.45) is 0 Å². The molecule has 0 aliphatic carbocycles. The van der Waals surface area contributed by atoms with E-state index in [1.165, 1.54) is 4.88 Å². The number of carbonyl (C=O) groups is 1. The molecule has 2 aromatic rings. The first kappa shape index (κ1) is 14.5. The van der Waals surface area contributed by atoms with Gasteiger partial charge in [-0.3, -0.25) is 9.78 Å². The number of nitrogens with zero attached hydrogens (tertiary/aromatic N) is 1. The minimum absolute atomic E-state index is 0.0626. The Morgan fingerprint density at radius 2 is 2.30 bits per heavy atom. The van der Waals surface area contributed by atoms with Gasteiger partial charge in [0.25, 0.3) is 5.91 Å². The van der Waals surface area contributed by atoms with Gasteiger partial charge in [0.15, 0.2) is 0 Å². The second-order valence-corrected chi connectivity index (χ2v) is 5.64. The van der Waals surface area contributed by atoms with E-state index in [1.54, 1.807) is 29.8 Å². The molecule has 4 nitrogen and oxygen atoms in total. The molecule has 2 rings (SSSR count). The van der Waals surface area contributed by atoms with Gasteiger partial charge in [0.2, 0.25) is 0 Å². The van der Waals surface area contributed by atoms with Crippen LogP contribution < -0.4 is 10.6 Å². The van der Waals surface area contributed by atoms with Crippen LogP contribution in [-0.4, -0.2) is 23.5 Å². The Kier molecular flexibility index (Phi) is 5.12. The monoisotopic (exact) mass is 289 g/mol. The van der Waals surface area contributed by atoms with Crippen LogP contribution in [0.5, 0.6) is 0 Å². The zero-order valence-corrected chi connectivity index (χ0v) is 12.5. The number of nitrogens with one attached hydrogen (secondary N) is 2. The van der Waals surface area contributed by atoms with Crippen LogP contribution in [0.1, 0.15) is 29.1 Å². The van der Waals surface area contributed by atoms with Crippen molar-refractivity contribution in [2.45, 2.75) is 26.3 Å². The highest BCUT2D eigenvalue weighted by atomic mass is 32.1. The summed E-state index contributed by atoms with van der Waals surface area (Å²) in [5, 5.41) is 8.24. The van der Waals surface area contributed by atoms with E-state index >= 15 is 0 Å². The molecule has 0 bridgehead atoms. The quantitative estimate of drug-likeness (QED) is 0.859. The molecule has 0 spiro atoms. The van der Waals surface area contributed by atoms with Crippen LogP contribution in [0, 0.1) is 0 Å². The van der Waals surface area contributed by atoms with Gasteiger partial charge in [-0.2, -0.15) is 0 Å². The Morgan fingerprint density at radius 1 is 1.45 bits per heavy atom. The van der Waals surface area contributed by atoms with Gasteiger partial charge in [-0.15, -0.1) is 11.3 Å². The number of aromatic nitrogens is 1. The van der Waals surface area contributed by atoms with Gasteiger partial charge in [-0.1, -0.05) is 6.07 Å². The lowest BCUT2D eigenvalue weighted by Crippen LogP contribution is -2.34. The van der Waals surface area contributed by atoms with Crippen LogP contribution in [0.2, 0.25) is 0 Å². The summed E-state index contributed by atoms with van der Waals surface area (Å²) >= 11 is 1.71. The number of hydrogen-bond donors (Lipinski definition) is 2. The Labute approximate surface area is 123 Å². The highest BCUT2D eigenvalue weighted by molar-refractivity contribution is 7.09. The first-order chi connectivity index (χ1) is 9.70. The molecule has 2 heterocycles. The maximum absolute atomic E-state index is 12.3. The molecule has 2 aromatic heterocycles. The van der Waals surface area contributed by atoms with Crippen LogP contribution in [0.4, 0.5) is 5.69 Å². The first-order valence-electron chi connectivity index (χ1n) is 6.71. The molecule has 0 saturated heterocycles. The average Bonchev–Trinajstić information content (AvgIpc) is 2.92. The zero-order valence-electron chi connectivity index (χ0n) is 11.7. The summed E-state index contributed by atoms with van der Waals surface area (Å²) in [6.07, 6.45) is 4.17. The Balaban J connectivity index is 2.00.